The molecule has 2 aromatic rings. The Bertz CT molecular complexity index is 669. The number of halogens is 2. The molecule has 0 amide bonds. The number of piperidine rings is 1. The normalized spacial score (nSPS) is 15.0. The summed E-state index contributed by atoms with van der Waals surface area (Å²) in [6.45, 7) is 3.75. The average molecular weight is 304 g/mol. The van der Waals surface area contributed by atoms with Crippen LogP contribution in [0.15, 0.2) is 24.3 Å². The maximum atomic E-state index is 13.7. The lowest BCUT2D eigenvalue weighted by atomic mass is 10.1. The van der Waals surface area contributed by atoms with Crippen LogP contribution in [-0.4, -0.2) is 23.1 Å². The van der Waals surface area contributed by atoms with E-state index in [2.05, 4.69) is 20.2 Å². The molecule has 3 rings (SSSR count). The molecule has 1 aliphatic rings. The fourth-order valence-electron chi connectivity index (χ4n) is 2.58. The molecule has 0 aliphatic carbocycles. The summed E-state index contributed by atoms with van der Waals surface area (Å²) in [6, 6.07) is 5.17. The number of aryl methyl sites for hydroxylation is 1. The second-order valence-electron chi connectivity index (χ2n) is 5.49. The maximum Gasteiger partial charge on any atom is 0.227 e. The Morgan fingerprint density at radius 3 is 2.55 bits per heavy atom. The predicted octanol–water partition coefficient (Wildman–Crippen LogP) is 3.80. The Morgan fingerprint density at radius 1 is 1.05 bits per heavy atom. The third kappa shape index (κ3) is 3.32. The van der Waals surface area contributed by atoms with E-state index in [0.717, 1.165) is 37.7 Å². The number of hydrogen-bond acceptors (Lipinski definition) is 4. The second-order valence-corrected chi connectivity index (χ2v) is 5.49. The van der Waals surface area contributed by atoms with Gasteiger partial charge in [-0.05, 0) is 38.3 Å². The molecule has 0 saturated carbocycles. The van der Waals surface area contributed by atoms with Gasteiger partial charge in [0, 0.05) is 30.9 Å². The molecule has 0 spiro atoms. The molecule has 0 atom stereocenters. The van der Waals surface area contributed by atoms with Crippen LogP contribution in [0.3, 0.4) is 0 Å². The summed E-state index contributed by atoms with van der Waals surface area (Å²) >= 11 is 0. The SMILES string of the molecule is Cc1cc(Nc2ccc(F)cc2F)nc(N2CCCCC2)n1. The summed E-state index contributed by atoms with van der Waals surface area (Å²) in [6.07, 6.45) is 3.49. The van der Waals surface area contributed by atoms with E-state index >= 15 is 0 Å². The number of hydrogen-bond donors (Lipinski definition) is 1. The van der Waals surface area contributed by atoms with Gasteiger partial charge in [0.15, 0.2) is 0 Å². The number of nitrogens with zero attached hydrogens (tertiary/aromatic N) is 3. The Kier molecular flexibility index (Phi) is 4.18. The van der Waals surface area contributed by atoms with Crippen LogP contribution in [0.4, 0.5) is 26.2 Å². The first-order chi connectivity index (χ1) is 10.6. The van der Waals surface area contributed by atoms with Crippen molar-refractivity contribution in [3.05, 3.63) is 41.6 Å². The van der Waals surface area contributed by atoms with Gasteiger partial charge < -0.3 is 10.2 Å². The van der Waals surface area contributed by atoms with Crippen LogP contribution in [0.2, 0.25) is 0 Å². The van der Waals surface area contributed by atoms with Crippen molar-refractivity contribution < 1.29 is 8.78 Å². The van der Waals surface area contributed by atoms with E-state index in [1.807, 2.05) is 6.92 Å². The molecular weight excluding hydrogens is 286 g/mol. The van der Waals surface area contributed by atoms with Gasteiger partial charge >= 0.3 is 0 Å². The van der Waals surface area contributed by atoms with Gasteiger partial charge in [-0.15, -0.1) is 0 Å². The van der Waals surface area contributed by atoms with E-state index in [-0.39, 0.29) is 5.69 Å². The van der Waals surface area contributed by atoms with E-state index in [1.165, 1.54) is 18.6 Å². The van der Waals surface area contributed by atoms with Gasteiger partial charge in [0.1, 0.15) is 17.5 Å². The van der Waals surface area contributed by atoms with Gasteiger partial charge in [-0.3, -0.25) is 0 Å². The van der Waals surface area contributed by atoms with Crippen LogP contribution in [0, 0.1) is 18.6 Å². The first-order valence-corrected chi connectivity index (χ1v) is 7.44. The van der Waals surface area contributed by atoms with Gasteiger partial charge in [0.05, 0.1) is 5.69 Å². The van der Waals surface area contributed by atoms with E-state index in [1.54, 1.807) is 6.07 Å². The van der Waals surface area contributed by atoms with Crippen LogP contribution < -0.4 is 10.2 Å². The minimum Gasteiger partial charge on any atom is -0.341 e. The zero-order valence-electron chi connectivity index (χ0n) is 12.4. The van der Waals surface area contributed by atoms with Crippen molar-refractivity contribution in [2.45, 2.75) is 26.2 Å². The molecule has 2 heterocycles. The number of nitrogens with one attached hydrogen (secondary N) is 1. The standard InChI is InChI=1S/C16H18F2N4/c1-11-9-15(20-14-6-5-12(17)10-13(14)18)21-16(19-11)22-7-3-2-4-8-22/h5-6,9-10H,2-4,7-8H2,1H3,(H,19,20,21). The van der Waals surface area contributed by atoms with Crippen molar-refractivity contribution >= 4 is 17.5 Å². The molecule has 1 fully saturated rings. The van der Waals surface area contributed by atoms with E-state index in [9.17, 15) is 8.78 Å². The molecule has 4 nitrogen and oxygen atoms in total. The van der Waals surface area contributed by atoms with Gasteiger partial charge in [0.2, 0.25) is 5.95 Å². The third-order valence-electron chi connectivity index (χ3n) is 3.68. The number of rotatable bonds is 3. The molecule has 0 unspecified atom stereocenters. The molecule has 22 heavy (non-hydrogen) atoms. The Morgan fingerprint density at radius 2 is 1.82 bits per heavy atom. The van der Waals surface area contributed by atoms with Crippen molar-refractivity contribution in [3.63, 3.8) is 0 Å². The highest BCUT2D eigenvalue weighted by atomic mass is 19.1. The topological polar surface area (TPSA) is 41.1 Å². The van der Waals surface area contributed by atoms with E-state index in [4.69, 9.17) is 0 Å². The highest BCUT2D eigenvalue weighted by molar-refractivity contribution is 5.58. The molecule has 116 valence electrons. The van der Waals surface area contributed by atoms with Crippen LogP contribution in [-0.2, 0) is 0 Å². The van der Waals surface area contributed by atoms with Crippen LogP contribution >= 0.6 is 0 Å². The molecular formula is C16H18F2N4. The number of anilines is 3. The second kappa shape index (κ2) is 6.25. The Hall–Kier alpha value is -2.24. The van der Waals surface area contributed by atoms with E-state index < -0.39 is 11.6 Å². The molecule has 6 heteroatoms. The van der Waals surface area contributed by atoms with Gasteiger partial charge in [-0.2, -0.15) is 4.98 Å². The monoisotopic (exact) mass is 304 g/mol. The lowest BCUT2D eigenvalue weighted by molar-refractivity contribution is 0.568. The van der Waals surface area contributed by atoms with Gasteiger partial charge in [0.25, 0.3) is 0 Å². The number of aromatic nitrogens is 2. The smallest absolute Gasteiger partial charge is 0.227 e. The Balaban J connectivity index is 1.85. The van der Waals surface area contributed by atoms with Crippen LogP contribution in [0.5, 0.6) is 0 Å². The van der Waals surface area contributed by atoms with Gasteiger partial charge in [-0.1, -0.05) is 0 Å². The molecule has 1 saturated heterocycles. The lowest BCUT2D eigenvalue weighted by Crippen LogP contribution is -2.31. The van der Waals surface area contributed by atoms with E-state index in [0.29, 0.717) is 11.8 Å². The zero-order chi connectivity index (χ0) is 15.5. The first-order valence-electron chi connectivity index (χ1n) is 7.44. The van der Waals surface area contributed by atoms with Crippen LogP contribution in [0.1, 0.15) is 25.0 Å². The van der Waals surface area contributed by atoms with Gasteiger partial charge in [-0.25, -0.2) is 13.8 Å². The fourth-order valence-corrected chi connectivity index (χ4v) is 2.58. The van der Waals surface area contributed by atoms with Crippen LogP contribution in [0.25, 0.3) is 0 Å². The minimum atomic E-state index is -0.643. The molecule has 1 aliphatic heterocycles. The van der Waals surface area contributed by atoms with Crippen molar-refractivity contribution in [2.75, 3.05) is 23.3 Å². The highest BCUT2D eigenvalue weighted by Gasteiger charge is 2.15. The summed E-state index contributed by atoms with van der Waals surface area (Å²) in [5, 5.41) is 2.90. The quantitative estimate of drug-likeness (QED) is 0.936. The molecule has 1 aromatic carbocycles. The lowest BCUT2D eigenvalue weighted by Gasteiger charge is -2.27. The summed E-state index contributed by atoms with van der Waals surface area (Å²) in [4.78, 5) is 11.1. The largest absolute Gasteiger partial charge is 0.341 e. The molecule has 1 aromatic heterocycles. The van der Waals surface area contributed by atoms with Crippen molar-refractivity contribution in [1.29, 1.82) is 0 Å². The van der Waals surface area contributed by atoms with Crippen molar-refractivity contribution in [3.8, 4) is 0 Å². The summed E-state index contributed by atoms with van der Waals surface area (Å²) in [7, 11) is 0. The predicted molar refractivity (Wildman–Crippen MR) is 82.5 cm³/mol. The summed E-state index contributed by atoms with van der Waals surface area (Å²) < 4.78 is 26.7. The summed E-state index contributed by atoms with van der Waals surface area (Å²) in [5.41, 5.74) is 1.00. The minimum absolute atomic E-state index is 0.198. The highest BCUT2D eigenvalue weighted by Crippen LogP contribution is 2.23. The third-order valence-corrected chi connectivity index (χ3v) is 3.68. The fraction of sp³-hybridized carbons (Fsp3) is 0.375. The maximum absolute atomic E-state index is 13.7. The number of benzene rings is 1. The zero-order valence-corrected chi connectivity index (χ0v) is 12.4. The summed E-state index contributed by atoms with van der Waals surface area (Å²) in [5.74, 6) is -0.0741. The van der Waals surface area contributed by atoms with Crippen molar-refractivity contribution in [1.82, 2.24) is 9.97 Å². The molecule has 0 radical (unpaired) electrons. The first kappa shape index (κ1) is 14.7. The molecule has 1 N–H and O–H groups in total. The van der Waals surface area contributed by atoms with Crippen molar-refractivity contribution in [2.24, 2.45) is 0 Å². The Labute approximate surface area is 128 Å². The molecule has 0 bridgehead atoms. The average Bonchev–Trinajstić information content (AvgIpc) is 2.50.